The van der Waals surface area contributed by atoms with Gasteiger partial charge in [0.15, 0.2) is 33.5 Å². The number of nitrogens with zero attached hydrogens (tertiary/aromatic N) is 5. The first-order valence-electron chi connectivity index (χ1n) is 12.9. The third kappa shape index (κ3) is 8.87. The number of nitrogens with two attached hydrogens (primary N) is 2. The average molecular weight is 634 g/mol. The number of halogens is 5. The number of aromatic nitrogens is 4. The molecule has 0 saturated heterocycles. The van der Waals surface area contributed by atoms with Crippen molar-refractivity contribution in [2.24, 2.45) is 0 Å². The van der Waals surface area contributed by atoms with Gasteiger partial charge in [0, 0.05) is 18.7 Å². The van der Waals surface area contributed by atoms with Crippen molar-refractivity contribution >= 4 is 52.1 Å². The number of carboxylic acids is 1. The van der Waals surface area contributed by atoms with Crippen LogP contribution in [-0.2, 0) is 24.4 Å². The molecule has 0 atom stereocenters. The van der Waals surface area contributed by atoms with Crippen molar-refractivity contribution in [3.8, 4) is 0 Å². The van der Waals surface area contributed by atoms with Crippen LogP contribution in [0, 0.1) is 5.82 Å². The van der Waals surface area contributed by atoms with E-state index in [1.165, 1.54) is 6.07 Å². The zero-order valence-electron chi connectivity index (χ0n) is 23.8. The number of nitrogen functional groups attached to an aromatic ring is 2. The van der Waals surface area contributed by atoms with Crippen molar-refractivity contribution in [1.29, 1.82) is 0 Å². The minimum atomic E-state index is -5.19. The Balaban J connectivity index is 0.000000821. The summed E-state index contributed by atoms with van der Waals surface area (Å²) in [6.07, 6.45) is -4.44. The van der Waals surface area contributed by atoms with Crippen LogP contribution in [0.1, 0.15) is 46.9 Å². The van der Waals surface area contributed by atoms with Crippen molar-refractivity contribution in [3.63, 3.8) is 0 Å². The molecule has 2 amide bonds. The summed E-state index contributed by atoms with van der Waals surface area (Å²) >= 11 is 5.89. The van der Waals surface area contributed by atoms with E-state index in [9.17, 15) is 22.8 Å². The van der Waals surface area contributed by atoms with E-state index in [1.807, 2.05) is 42.0 Å². The maximum atomic E-state index is 15.0. The number of hydrogen-bond donors (Lipinski definition) is 4. The zero-order valence-corrected chi connectivity index (χ0v) is 24.6. The number of aryl methyl sites for hydroxylation is 2. The Morgan fingerprint density at radius 3 is 2.26 bits per heavy atom. The van der Waals surface area contributed by atoms with Crippen LogP contribution in [0.15, 0.2) is 12.1 Å². The lowest BCUT2D eigenvalue weighted by atomic mass is 10.1. The van der Waals surface area contributed by atoms with E-state index in [2.05, 4.69) is 20.6 Å². The predicted molar refractivity (Wildman–Crippen MR) is 147 cm³/mol. The second-order valence-corrected chi connectivity index (χ2v) is 9.60. The minimum absolute atomic E-state index is 0.0297. The van der Waals surface area contributed by atoms with Crippen LogP contribution < -0.4 is 31.8 Å². The van der Waals surface area contributed by atoms with E-state index < -0.39 is 29.8 Å². The van der Waals surface area contributed by atoms with E-state index in [1.54, 1.807) is 6.07 Å². The van der Waals surface area contributed by atoms with E-state index in [-0.39, 0.29) is 34.6 Å². The number of alkyl halides is 3. The largest absolute Gasteiger partial charge is 0.542 e. The SMILES string of the molecule is CCn1c(CNC(=O)c2nc(Cl)c(N)nc2N)[n+](CC)c2cc(C(=O)NCCCN(C)C)c(F)cc21.O=C([O-])C(F)(F)F. The number of nitrogens with one attached hydrogen (secondary N) is 2. The molecule has 1 aromatic carbocycles. The smallest absolute Gasteiger partial charge is 0.430 e. The van der Waals surface area contributed by atoms with Gasteiger partial charge >= 0.3 is 6.18 Å². The molecule has 43 heavy (non-hydrogen) atoms. The molecule has 236 valence electrons. The summed E-state index contributed by atoms with van der Waals surface area (Å²) in [7, 11) is 3.90. The number of anilines is 2. The maximum absolute atomic E-state index is 15.0. The lowest BCUT2D eigenvalue weighted by molar-refractivity contribution is -0.676. The molecule has 0 bridgehead atoms. The van der Waals surface area contributed by atoms with Gasteiger partial charge in [-0.15, -0.1) is 0 Å². The van der Waals surface area contributed by atoms with Crippen LogP contribution in [-0.4, -0.2) is 70.6 Å². The van der Waals surface area contributed by atoms with Crippen molar-refractivity contribution in [1.82, 2.24) is 30.1 Å². The van der Waals surface area contributed by atoms with Gasteiger partial charge in [0.1, 0.15) is 18.3 Å². The number of amides is 2. The number of rotatable bonds is 10. The fourth-order valence-corrected chi connectivity index (χ4v) is 4.15. The van der Waals surface area contributed by atoms with Crippen molar-refractivity contribution < 1.29 is 41.6 Å². The Morgan fingerprint density at radius 1 is 1.09 bits per heavy atom. The number of fused-ring (bicyclic) bond motifs is 1. The molecule has 6 N–H and O–H groups in total. The summed E-state index contributed by atoms with van der Waals surface area (Å²) in [5.74, 6) is -4.17. The molecular weight excluding hydrogens is 602 g/mol. The number of carbonyl (C=O) groups excluding carboxylic acids is 3. The van der Waals surface area contributed by atoms with E-state index in [4.69, 9.17) is 33.0 Å². The van der Waals surface area contributed by atoms with Crippen LogP contribution in [0.3, 0.4) is 0 Å². The molecule has 0 radical (unpaired) electrons. The molecule has 0 spiro atoms. The molecule has 0 unspecified atom stereocenters. The monoisotopic (exact) mass is 633 g/mol. The van der Waals surface area contributed by atoms with Crippen LogP contribution in [0.4, 0.5) is 29.2 Å². The first-order chi connectivity index (χ1) is 20.0. The van der Waals surface area contributed by atoms with Gasteiger partial charge in [-0.3, -0.25) is 9.59 Å². The first-order valence-corrected chi connectivity index (χ1v) is 13.2. The van der Waals surface area contributed by atoms with Gasteiger partial charge in [-0.05, 0) is 40.9 Å². The van der Waals surface area contributed by atoms with Gasteiger partial charge in [0.2, 0.25) is 0 Å². The maximum Gasteiger partial charge on any atom is 0.430 e. The summed E-state index contributed by atoms with van der Waals surface area (Å²) in [6.45, 7) is 6.23. The molecule has 3 aromatic rings. The number of aliphatic carboxylic acids is 1. The Morgan fingerprint density at radius 2 is 1.72 bits per heavy atom. The third-order valence-corrected chi connectivity index (χ3v) is 6.25. The summed E-state index contributed by atoms with van der Waals surface area (Å²) in [4.78, 5) is 44.0. The molecule has 2 aromatic heterocycles. The van der Waals surface area contributed by atoms with Crippen LogP contribution >= 0.6 is 11.6 Å². The molecule has 0 saturated carbocycles. The fourth-order valence-electron chi connectivity index (χ4n) is 4.02. The zero-order chi connectivity index (χ0) is 32.6. The number of benzene rings is 1. The first kappa shape index (κ1) is 34.9. The van der Waals surface area contributed by atoms with E-state index >= 15 is 4.39 Å². The molecular formula is C25H32ClF4N9O4. The van der Waals surface area contributed by atoms with Gasteiger partial charge in [-0.25, -0.2) is 23.5 Å². The van der Waals surface area contributed by atoms with E-state index in [0.29, 0.717) is 36.5 Å². The summed E-state index contributed by atoms with van der Waals surface area (Å²) in [5, 5.41) is 14.2. The highest BCUT2D eigenvalue weighted by Crippen LogP contribution is 2.21. The van der Waals surface area contributed by atoms with Gasteiger partial charge in [0.05, 0.1) is 18.7 Å². The second kappa shape index (κ2) is 14.8. The number of hydrogen-bond acceptors (Lipinski definition) is 9. The summed E-state index contributed by atoms with van der Waals surface area (Å²) in [6, 6.07) is 2.91. The molecule has 3 rings (SSSR count). The van der Waals surface area contributed by atoms with Crippen LogP contribution in [0.5, 0.6) is 0 Å². The highest BCUT2D eigenvalue weighted by molar-refractivity contribution is 6.31. The fraction of sp³-hybridized carbons (Fsp3) is 0.440. The topological polar surface area (TPSA) is 188 Å². The third-order valence-electron chi connectivity index (χ3n) is 5.97. The molecule has 0 aliphatic rings. The number of imidazole rings is 1. The Labute approximate surface area is 248 Å². The lowest BCUT2D eigenvalue weighted by Gasteiger charge is -2.10. The van der Waals surface area contributed by atoms with Gasteiger partial charge in [-0.2, -0.15) is 13.2 Å². The molecule has 13 nitrogen and oxygen atoms in total. The van der Waals surface area contributed by atoms with Crippen LogP contribution in [0.25, 0.3) is 11.0 Å². The van der Waals surface area contributed by atoms with Gasteiger partial charge in [-0.1, -0.05) is 11.6 Å². The van der Waals surface area contributed by atoms with Crippen LogP contribution in [0.2, 0.25) is 5.15 Å². The Hall–Kier alpha value is -4.25. The Kier molecular flexibility index (Phi) is 12.0. The normalized spacial score (nSPS) is 11.3. The summed E-state index contributed by atoms with van der Waals surface area (Å²) in [5.41, 5.74) is 12.5. The highest BCUT2D eigenvalue weighted by atomic mass is 35.5. The Bertz CT molecular complexity index is 1500. The molecule has 0 aliphatic heterocycles. The van der Waals surface area contributed by atoms with Crippen molar-refractivity contribution in [3.05, 3.63) is 40.2 Å². The molecule has 0 aliphatic carbocycles. The van der Waals surface area contributed by atoms with Crippen molar-refractivity contribution in [2.75, 3.05) is 38.7 Å². The molecule has 18 heteroatoms. The quantitative estimate of drug-likeness (QED) is 0.141. The average Bonchev–Trinajstić information content (AvgIpc) is 3.21. The highest BCUT2D eigenvalue weighted by Gasteiger charge is 2.29. The van der Waals surface area contributed by atoms with Gasteiger partial charge in [0.25, 0.3) is 17.6 Å². The second-order valence-electron chi connectivity index (χ2n) is 9.24. The summed E-state index contributed by atoms with van der Waals surface area (Å²) < 4.78 is 50.4. The molecule has 2 heterocycles. The standard InChI is InChI=1S/C23H31ClFN9O2.C2HF3O2/c1-5-33-15-10-13(22(35)28-8-7-9-32(3)4)14(25)11-16(15)34(6-2)17(33)12-29-23(36)18-20(26)31-21(27)19(24)30-18;3-2(4,5)1(6)7/h10-11H,5-9,12H2,1-4H3,(H5-,26,27,28,29,31,35,36);(H,6,7). The number of carbonyl (C=O) groups is 3. The van der Waals surface area contributed by atoms with Gasteiger partial charge < -0.3 is 36.9 Å². The van der Waals surface area contributed by atoms with Crippen molar-refractivity contribution in [2.45, 2.75) is 46.1 Å². The lowest BCUT2D eigenvalue weighted by Crippen LogP contribution is -2.40. The molecule has 0 fully saturated rings. The van der Waals surface area contributed by atoms with E-state index in [0.717, 1.165) is 13.0 Å². The number of carboxylic acid groups (broad SMARTS) is 1. The predicted octanol–water partition coefficient (Wildman–Crippen LogP) is 0.626. The minimum Gasteiger partial charge on any atom is -0.542 e.